The van der Waals surface area contributed by atoms with Crippen molar-refractivity contribution in [3.63, 3.8) is 0 Å². The van der Waals surface area contributed by atoms with E-state index in [1.54, 1.807) is 0 Å². The summed E-state index contributed by atoms with van der Waals surface area (Å²) < 4.78 is 0. The molecule has 1 spiro atoms. The number of likely N-dealkylation sites (tertiary alicyclic amines) is 1. The molecule has 3 nitrogen and oxygen atoms in total. The Balaban J connectivity index is 1.15. The van der Waals surface area contributed by atoms with Crippen LogP contribution in [0.3, 0.4) is 0 Å². The number of rotatable bonds is 7. The van der Waals surface area contributed by atoms with Gasteiger partial charge >= 0.3 is 0 Å². The fraction of sp³-hybridized carbons (Fsp3) is 1.00. The van der Waals surface area contributed by atoms with Crippen LogP contribution in [0.25, 0.3) is 0 Å². The molecule has 3 heteroatoms. The lowest BCUT2D eigenvalue weighted by atomic mass is 9.59. The zero-order valence-corrected chi connectivity index (χ0v) is 17.4. The third-order valence-corrected chi connectivity index (χ3v) is 8.11. The van der Waals surface area contributed by atoms with Crippen molar-refractivity contribution in [2.75, 3.05) is 33.2 Å². The molecule has 0 bridgehead atoms. The maximum Gasteiger partial charge on any atom is 0.0115 e. The SMILES string of the molecule is CC1CC(N(C)C2CC3(C2)CN(CCN(C(C)C)C2CC(C)C2)C3)C1. The Labute approximate surface area is 156 Å². The molecular formula is C22H41N3. The molecule has 0 aromatic rings. The molecule has 0 aromatic carbocycles. The highest BCUT2D eigenvalue weighted by Crippen LogP contribution is 2.51. The van der Waals surface area contributed by atoms with Crippen LogP contribution in [-0.2, 0) is 0 Å². The van der Waals surface area contributed by atoms with Crippen LogP contribution in [0.1, 0.15) is 66.2 Å². The molecule has 4 fully saturated rings. The van der Waals surface area contributed by atoms with Gasteiger partial charge in [-0.1, -0.05) is 13.8 Å². The minimum Gasteiger partial charge on any atom is -0.301 e. The van der Waals surface area contributed by atoms with E-state index in [4.69, 9.17) is 0 Å². The van der Waals surface area contributed by atoms with E-state index in [0.717, 1.165) is 30.0 Å². The Morgan fingerprint density at radius 3 is 2.00 bits per heavy atom. The first-order valence-corrected chi connectivity index (χ1v) is 11.1. The Bertz CT molecular complexity index is 450. The van der Waals surface area contributed by atoms with Crippen LogP contribution >= 0.6 is 0 Å². The van der Waals surface area contributed by atoms with Gasteiger partial charge in [0.25, 0.3) is 0 Å². The summed E-state index contributed by atoms with van der Waals surface area (Å²) in [7, 11) is 2.39. The van der Waals surface area contributed by atoms with E-state index in [1.165, 1.54) is 64.7 Å². The predicted molar refractivity (Wildman–Crippen MR) is 106 cm³/mol. The normalized spacial score (nSPS) is 37.9. The molecule has 0 unspecified atom stereocenters. The molecule has 144 valence electrons. The molecule has 3 aliphatic carbocycles. The van der Waals surface area contributed by atoms with E-state index in [0.29, 0.717) is 11.5 Å². The summed E-state index contributed by atoms with van der Waals surface area (Å²) in [6.45, 7) is 14.9. The van der Waals surface area contributed by atoms with Crippen molar-refractivity contribution >= 4 is 0 Å². The Kier molecular flexibility index (Phi) is 4.96. The molecule has 0 radical (unpaired) electrons. The first kappa shape index (κ1) is 18.3. The standard InChI is InChI=1S/C22H41N3/c1-16(2)25(20-10-18(4)11-20)7-6-24-14-22(15-24)12-21(13-22)23(5)19-8-17(3)9-19/h16-21H,6-15H2,1-5H3. The largest absolute Gasteiger partial charge is 0.301 e. The Morgan fingerprint density at radius 2 is 1.48 bits per heavy atom. The topological polar surface area (TPSA) is 9.72 Å². The third-order valence-electron chi connectivity index (χ3n) is 8.11. The van der Waals surface area contributed by atoms with Crippen LogP contribution in [0.4, 0.5) is 0 Å². The van der Waals surface area contributed by atoms with Gasteiger partial charge < -0.3 is 9.80 Å². The van der Waals surface area contributed by atoms with Crippen LogP contribution in [0.5, 0.6) is 0 Å². The molecule has 25 heavy (non-hydrogen) atoms. The second-order valence-electron chi connectivity index (χ2n) is 10.7. The summed E-state index contributed by atoms with van der Waals surface area (Å²) in [5.74, 6) is 1.93. The fourth-order valence-corrected chi connectivity index (χ4v) is 6.29. The van der Waals surface area contributed by atoms with Gasteiger partial charge in [-0.25, -0.2) is 0 Å². The summed E-state index contributed by atoms with van der Waals surface area (Å²) in [4.78, 5) is 8.24. The molecule has 1 heterocycles. The van der Waals surface area contributed by atoms with E-state index in [9.17, 15) is 0 Å². The summed E-state index contributed by atoms with van der Waals surface area (Å²) in [6.07, 6.45) is 8.68. The van der Waals surface area contributed by atoms with Crippen LogP contribution < -0.4 is 0 Å². The highest BCUT2D eigenvalue weighted by molar-refractivity contribution is 5.08. The minimum absolute atomic E-state index is 0.708. The number of nitrogens with zero attached hydrogens (tertiary/aromatic N) is 3. The second-order valence-corrected chi connectivity index (χ2v) is 10.7. The molecule has 1 saturated heterocycles. The van der Waals surface area contributed by atoms with Gasteiger partial charge in [-0.15, -0.1) is 0 Å². The highest BCUT2D eigenvalue weighted by atomic mass is 15.3. The maximum absolute atomic E-state index is 2.78. The van der Waals surface area contributed by atoms with Gasteiger partial charge in [0.1, 0.15) is 0 Å². The summed E-state index contributed by atoms with van der Waals surface area (Å²) in [5, 5.41) is 0. The quantitative estimate of drug-likeness (QED) is 0.695. The zero-order valence-electron chi connectivity index (χ0n) is 17.4. The van der Waals surface area contributed by atoms with Gasteiger partial charge in [0.05, 0.1) is 0 Å². The van der Waals surface area contributed by atoms with Crippen molar-refractivity contribution in [3.05, 3.63) is 0 Å². The van der Waals surface area contributed by atoms with Gasteiger partial charge in [0.15, 0.2) is 0 Å². The fourth-order valence-electron chi connectivity index (χ4n) is 6.29. The molecule has 4 rings (SSSR count). The summed E-state index contributed by atoms with van der Waals surface area (Å²) >= 11 is 0. The van der Waals surface area contributed by atoms with Crippen molar-refractivity contribution < 1.29 is 0 Å². The zero-order chi connectivity index (χ0) is 17.8. The van der Waals surface area contributed by atoms with Crippen LogP contribution in [0, 0.1) is 17.3 Å². The van der Waals surface area contributed by atoms with Crippen molar-refractivity contribution in [2.24, 2.45) is 17.3 Å². The Hall–Kier alpha value is -0.120. The maximum atomic E-state index is 2.78. The van der Waals surface area contributed by atoms with Crippen molar-refractivity contribution in [1.29, 1.82) is 0 Å². The van der Waals surface area contributed by atoms with Crippen LogP contribution in [0.2, 0.25) is 0 Å². The summed E-state index contributed by atoms with van der Waals surface area (Å²) in [5.41, 5.74) is 0.710. The monoisotopic (exact) mass is 347 g/mol. The third kappa shape index (κ3) is 3.53. The van der Waals surface area contributed by atoms with Gasteiger partial charge in [-0.2, -0.15) is 0 Å². The lowest BCUT2D eigenvalue weighted by Crippen LogP contribution is -2.68. The first-order chi connectivity index (χ1) is 11.8. The summed E-state index contributed by atoms with van der Waals surface area (Å²) in [6, 6.07) is 3.37. The molecule has 1 aliphatic heterocycles. The predicted octanol–water partition coefficient (Wildman–Crippen LogP) is 3.69. The smallest absolute Gasteiger partial charge is 0.0115 e. The van der Waals surface area contributed by atoms with Gasteiger partial charge in [-0.05, 0) is 76.7 Å². The Morgan fingerprint density at radius 1 is 0.920 bits per heavy atom. The number of hydrogen-bond donors (Lipinski definition) is 0. The van der Waals surface area contributed by atoms with Crippen LogP contribution in [0.15, 0.2) is 0 Å². The van der Waals surface area contributed by atoms with E-state index >= 15 is 0 Å². The molecule has 4 aliphatic rings. The second kappa shape index (κ2) is 6.80. The van der Waals surface area contributed by atoms with E-state index < -0.39 is 0 Å². The van der Waals surface area contributed by atoms with Gasteiger partial charge in [-0.3, -0.25) is 4.90 Å². The molecule has 0 N–H and O–H groups in total. The number of hydrogen-bond acceptors (Lipinski definition) is 3. The average Bonchev–Trinajstić information content (AvgIpc) is 2.40. The molecule has 3 saturated carbocycles. The van der Waals surface area contributed by atoms with Crippen molar-refractivity contribution in [1.82, 2.24) is 14.7 Å². The lowest BCUT2D eigenvalue weighted by Gasteiger charge is -2.62. The van der Waals surface area contributed by atoms with Gasteiger partial charge in [0, 0.05) is 50.3 Å². The average molecular weight is 348 g/mol. The molecule has 0 aromatic heterocycles. The molecule has 0 amide bonds. The van der Waals surface area contributed by atoms with Crippen molar-refractivity contribution in [2.45, 2.75) is 90.4 Å². The van der Waals surface area contributed by atoms with E-state index in [1.807, 2.05) is 0 Å². The molecule has 0 atom stereocenters. The van der Waals surface area contributed by atoms with E-state index in [2.05, 4.69) is 49.4 Å². The lowest BCUT2D eigenvalue weighted by molar-refractivity contribution is -0.122. The van der Waals surface area contributed by atoms with Crippen LogP contribution in [-0.4, -0.2) is 72.1 Å². The molecular weight excluding hydrogens is 306 g/mol. The van der Waals surface area contributed by atoms with Gasteiger partial charge in [0.2, 0.25) is 0 Å². The van der Waals surface area contributed by atoms with E-state index in [-0.39, 0.29) is 0 Å². The van der Waals surface area contributed by atoms with Crippen molar-refractivity contribution in [3.8, 4) is 0 Å². The minimum atomic E-state index is 0.708. The first-order valence-electron chi connectivity index (χ1n) is 11.1. The highest BCUT2D eigenvalue weighted by Gasteiger charge is 2.54.